The van der Waals surface area contributed by atoms with Crippen LogP contribution in [0, 0.1) is 10.1 Å². The van der Waals surface area contributed by atoms with Crippen LogP contribution in [0.5, 0.6) is 0 Å². The van der Waals surface area contributed by atoms with Crippen LogP contribution >= 0.6 is 0 Å². The van der Waals surface area contributed by atoms with E-state index in [0.29, 0.717) is 28.1 Å². The highest BCUT2D eigenvalue weighted by molar-refractivity contribution is 6.04. The lowest BCUT2D eigenvalue weighted by molar-refractivity contribution is -0.385. The molecule has 120 valence electrons. The van der Waals surface area contributed by atoms with Gasteiger partial charge in [0.15, 0.2) is 11.6 Å². The van der Waals surface area contributed by atoms with E-state index in [1.807, 2.05) is 0 Å². The summed E-state index contributed by atoms with van der Waals surface area (Å²) in [7, 11) is 0. The summed E-state index contributed by atoms with van der Waals surface area (Å²) >= 11 is 0. The first-order valence-electron chi connectivity index (χ1n) is 7.19. The zero-order valence-electron chi connectivity index (χ0n) is 13.5. The SMILES string of the molecule is CC(=O)C1=C(C)NC(C)=C(C(C)=O)C1c1ccccc1[N+](=O)[O-]. The number of Topliss-reactive ketones (excluding diaryl/α,β-unsaturated/α-hetero) is 2. The number of nitrogens with one attached hydrogen (secondary N) is 1. The Labute approximate surface area is 134 Å². The van der Waals surface area contributed by atoms with E-state index in [1.54, 1.807) is 32.0 Å². The lowest BCUT2D eigenvalue weighted by atomic mass is 9.77. The average molecular weight is 314 g/mol. The van der Waals surface area contributed by atoms with Crippen LogP contribution in [0.1, 0.15) is 39.2 Å². The molecule has 0 fully saturated rings. The van der Waals surface area contributed by atoms with Gasteiger partial charge in [-0.05, 0) is 27.7 Å². The Morgan fingerprint density at radius 1 is 1.04 bits per heavy atom. The van der Waals surface area contributed by atoms with Gasteiger partial charge in [-0.15, -0.1) is 0 Å². The maximum absolute atomic E-state index is 12.1. The molecule has 23 heavy (non-hydrogen) atoms. The minimum Gasteiger partial charge on any atom is -0.362 e. The highest BCUT2D eigenvalue weighted by Crippen LogP contribution is 2.42. The predicted octanol–water partition coefficient (Wildman–Crippen LogP) is 3.01. The standard InChI is InChI=1S/C17H18N2O4/c1-9-15(11(3)20)17(16(12(4)21)10(2)18-9)13-7-5-6-8-14(13)19(22)23/h5-8,17-18H,1-4H3. The van der Waals surface area contributed by atoms with Gasteiger partial charge in [0.1, 0.15) is 0 Å². The van der Waals surface area contributed by atoms with E-state index in [2.05, 4.69) is 5.32 Å². The molecule has 6 heteroatoms. The number of carbonyl (C=O) groups excluding carboxylic acids is 2. The maximum Gasteiger partial charge on any atom is 0.273 e. The smallest absolute Gasteiger partial charge is 0.273 e. The number of rotatable bonds is 4. The molecule has 1 aromatic rings. The second-order valence-corrected chi connectivity index (χ2v) is 5.56. The molecule has 1 heterocycles. The van der Waals surface area contributed by atoms with Gasteiger partial charge in [0.05, 0.1) is 10.8 Å². The fraction of sp³-hybridized carbons (Fsp3) is 0.294. The Morgan fingerprint density at radius 3 is 1.96 bits per heavy atom. The van der Waals surface area contributed by atoms with Crippen molar-refractivity contribution in [3.05, 3.63) is 62.5 Å². The third kappa shape index (κ3) is 2.92. The molecule has 0 aromatic heterocycles. The molecular weight excluding hydrogens is 296 g/mol. The van der Waals surface area contributed by atoms with Gasteiger partial charge in [0.25, 0.3) is 5.69 Å². The van der Waals surface area contributed by atoms with Crippen LogP contribution in [0.4, 0.5) is 5.69 Å². The summed E-state index contributed by atoms with van der Waals surface area (Å²) in [6, 6.07) is 6.22. The van der Waals surface area contributed by atoms with Gasteiger partial charge in [-0.3, -0.25) is 19.7 Å². The zero-order chi connectivity index (χ0) is 17.3. The van der Waals surface area contributed by atoms with Crippen molar-refractivity contribution in [2.45, 2.75) is 33.6 Å². The molecular formula is C17H18N2O4. The van der Waals surface area contributed by atoms with Crippen LogP contribution in [0.15, 0.2) is 46.8 Å². The molecule has 0 radical (unpaired) electrons. The van der Waals surface area contributed by atoms with Gasteiger partial charge in [-0.1, -0.05) is 18.2 Å². The molecule has 0 unspecified atom stereocenters. The zero-order valence-corrected chi connectivity index (χ0v) is 13.5. The number of nitro benzene ring substituents is 1. The van der Waals surface area contributed by atoms with Crippen molar-refractivity contribution in [3.63, 3.8) is 0 Å². The summed E-state index contributed by atoms with van der Waals surface area (Å²) in [6.45, 7) is 6.28. The molecule has 0 atom stereocenters. The van der Waals surface area contributed by atoms with E-state index in [4.69, 9.17) is 0 Å². The highest BCUT2D eigenvalue weighted by atomic mass is 16.6. The lowest BCUT2D eigenvalue weighted by Gasteiger charge is -2.30. The lowest BCUT2D eigenvalue weighted by Crippen LogP contribution is -2.30. The number of para-hydroxylation sites is 1. The van der Waals surface area contributed by atoms with E-state index >= 15 is 0 Å². The van der Waals surface area contributed by atoms with E-state index < -0.39 is 10.8 Å². The predicted molar refractivity (Wildman–Crippen MR) is 85.7 cm³/mol. The molecule has 1 N–H and O–H groups in total. The van der Waals surface area contributed by atoms with Crippen molar-refractivity contribution in [2.75, 3.05) is 0 Å². The Balaban J connectivity index is 2.81. The van der Waals surface area contributed by atoms with Gasteiger partial charge in [0.2, 0.25) is 0 Å². The topological polar surface area (TPSA) is 89.3 Å². The molecule has 0 saturated heterocycles. The minimum atomic E-state index is -0.729. The van der Waals surface area contributed by atoms with Crippen LogP contribution < -0.4 is 5.32 Å². The molecule has 0 aliphatic carbocycles. The second-order valence-electron chi connectivity index (χ2n) is 5.56. The second kappa shape index (κ2) is 6.16. The van der Waals surface area contributed by atoms with E-state index in [1.165, 1.54) is 19.9 Å². The molecule has 6 nitrogen and oxygen atoms in total. The van der Waals surface area contributed by atoms with E-state index in [-0.39, 0.29) is 17.3 Å². The van der Waals surface area contributed by atoms with E-state index in [9.17, 15) is 19.7 Å². The average Bonchev–Trinajstić information content (AvgIpc) is 2.45. The van der Waals surface area contributed by atoms with Crippen LogP contribution in [0.25, 0.3) is 0 Å². The first kappa shape index (κ1) is 16.6. The molecule has 1 aliphatic heterocycles. The van der Waals surface area contributed by atoms with Crippen LogP contribution in [0.2, 0.25) is 0 Å². The number of nitro groups is 1. The van der Waals surface area contributed by atoms with Crippen molar-refractivity contribution in [1.29, 1.82) is 0 Å². The summed E-state index contributed by atoms with van der Waals surface area (Å²) < 4.78 is 0. The fourth-order valence-electron chi connectivity index (χ4n) is 3.14. The Hall–Kier alpha value is -2.76. The molecule has 0 amide bonds. The molecule has 2 rings (SSSR count). The summed E-state index contributed by atoms with van der Waals surface area (Å²) in [5.41, 5.74) is 2.25. The summed E-state index contributed by atoms with van der Waals surface area (Å²) in [6.07, 6.45) is 0. The minimum absolute atomic E-state index is 0.0995. The number of nitrogens with zero attached hydrogens (tertiary/aromatic N) is 1. The molecule has 1 aliphatic rings. The van der Waals surface area contributed by atoms with Crippen molar-refractivity contribution in [2.24, 2.45) is 0 Å². The normalized spacial score (nSPS) is 15.5. The van der Waals surface area contributed by atoms with Gasteiger partial charge in [-0.2, -0.15) is 0 Å². The summed E-state index contributed by atoms with van der Waals surface area (Å²) in [4.78, 5) is 35.2. The van der Waals surface area contributed by atoms with Gasteiger partial charge >= 0.3 is 0 Å². The van der Waals surface area contributed by atoms with Crippen LogP contribution in [0.3, 0.4) is 0 Å². The van der Waals surface area contributed by atoms with Gasteiger partial charge in [0, 0.05) is 34.2 Å². The van der Waals surface area contributed by atoms with Crippen molar-refractivity contribution in [1.82, 2.24) is 5.32 Å². The Kier molecular flexibility index (Phi) is 4.45. The number of dihydropyridines is 1. The molecule has 0 bridgehead atoms. The largest absolute Gasteiger partial charge is 0.362 e. The number of benzene rings is 1. The first-order chi connectivity index (χ1) is 10.8. The van der Waals surface area contributed by atoms with Crippen LogP contribution in [-0.4, -0.2) is 16.5 Å². The van der Waals surface area contributed by atoms with Crippen molar-refractivity contribution in [3.8, 4) is 0 Å². The third-order valence-corrected chi connectivity index (χ3v) is 3.96. The molecule has 1 aromatic carbocycles. The molecule has 0 saturated carbocycles. The number of hydrogen-bond acceptors (Lipinski definition) is 5. The van der Waals surface area contributed by atoms with Gasteiger partial charge < -0.3 is 5.32 Å². The summed E-state index contributed by atoms with van der Waals surface area (Å²) in [5, 5.41) is 14.4. The maximum atomic E-state index is 12.1. The Morgan fingerprint density at radius 2 is 1.52 bits per heavy atom. The van der Waals surface area contributed by atoms with E-state index in [0.717, 1.165) is 0 Å². The number of hydrogen-bond donors (Lipinski definition) is 1. The van der Waals surface area contributed by atoms with Crippen LogP contribution in [-0.2, 0) is 9.59 Å². The summed E-state index contributed by atoms with van der Waals surface area (Å²) in [5.74, 6) is -1.17. The van der Waals surface area contributed by atoms with Crippen molar-refractivity contribution >= 4 is 17.3 Å². The van der Waals surface area contributed by atoms with Crippen molar-refractivity contribution < 1.29 is 14.5 Å². The Bertz CT molecular complexity index is 739. The third-order valence-electron chi connectivity index (χ3n) is 3.96. The highest BCUT2D eigenvalue weighted by Gasteiger charge is 2.36. The fourth-order valence-corrected chi connectivity index (χ4v) is 3.14. The number of carbonyl (C=O) groups is 2. The van der Waals surface area contributed by atoms with Gasteiger partial charge in [-0.25, -0.2) is 0 Å². The molecule has 0 spiro atoms. The number of ketones is 2. The quantitative estimate of drug-likeness (QED) is 0.681. The number of allylic oxidation sites excluding steroid dienone is 4. The monoisotopic (exact) mass is 314 g/mol. The first-order valence-corrected chi connectivity index (χ1v) is 7.19.